The molecule has 0 radical (unpaired) electrons. The molecule has 7 nitrogen and oxygen atoms in total. The second-order valence-corrected chi connectivity index (χ2v) is 14.1. The number of aryl methyl sites for hydroxylation is 1. The molecule has 12 heteroatoms. The van der Waals surface area contributed by atoms with Gasteiger partial charge in [-0.3, -0.25) is 9.69 Å². The van der Waals surface area contributed by atoms with Crippen LogP contribution < -0.4 is 4.90 Å². The van der Waals surface area contributed by atoms with Crippen LogP contribution in [0.15, 0.2) is 28.5 Å². The van der Waals surface area contributed by atoms with Crippen molar-refractivity contribution in [3.05, 3.63) is 39.2 Å². The molecule has 36 heavy (non-hydrogen) atoms. The van der Waals surface area contributed by atoms with E-state index in [0.29, 0.717) is 47.0 Å². The van der Waals surface area contributed by atoms with Crippen molar-refractivity contribution < 1.29 is 13.2 Å². The van der Waals surface area contributed by atoms with E-state index in [1.165, 1.54) is 21.7 Å². The largest absolute Gasteiger partial charge is 0.302 e. The maximum atomic E-state index is 13.9. The average molecular weight is 590 g/mol. The lowest BCUT2D eigenvalue weighted by molar-refractivity contribution is -0.123. The number of rotatable bonds is 9. The van der Waals surface area contributed by atoms with Crippen molar-refractivity contribution in [2.24, 2.45) is 5.92 Å². The maximum Gasteiger partial charge on any atom is 0.252 e. The highest BCUT2D eigenvalue weighted by Crippen LogP contribution is 2.35. The summed E-state index contributed by atoms with van der Waals surface area (Å²) in [5.74, 6) is -0.536. The molecule has 2 aromatic heterocycles. The Balaban J connectivity index is 1.62. The molecule has 1 atom stereocenters. The van der Waals surface area contributed by atoms with Crippen molar-refractivity contribution in [1.29, 1.82) is 0 Å². The standard InChI is InChI=1S/C24H30Cl2N4O3S3/c1-4-28(5-2)13-14-30(24-27-22-16(3)18(25)8-9-19(22)34-24)23(31)17-7-6-12-29(15-17)36(32,33)21-11-10-20(26)35-21/h8-11,17H,4-7,12-15H2,1-3H3. The number of amides is 1. The Morgan fingerprint density at radius 3 is 2.56 bits per heavy atom. The van der Waals surface area contributed by atoms with Gasteiger partial charge in [0.25, 0.3) is 10.0 Å². The van der Waals surface area contributed by atoms with Crippen molar-refractivity contribution in [3.63, 3.8) is 0 Å². The number of hydrogen-bond acceptors (Lipinski definition) is 7. The van der Waals surface area contributed by atoms with Crippen LogP contribution in [-0.4, -0.2) is 67.8 Å². The van der Waals surface area contributed by atoms with Gasteiger partial charge in [-0.1, -0.05) is 48.4 Å². The van der Waals surface area contributed by atoms with E-state index in [9.17, 15) is 13.2 Å². The van der Waals surface area contributed by atoms with Gasteiger partial charge in [0.15, 0.2) is 5.13 Å². The fourth-order valence-electron chi connectivity index (χ4n) is 4.43. The van der Waals surface area contributed by atoms with Crippen LogP contribution in [0, 0.1) is 12.8 Å². The van der Waals surface area contributed by atoms with E-state index in [4.69, 9.17) is 28.2 Å². The zero-order chi connectivity index (χ0) is 26.0. The van der Waals surface area contributed by atoms with Gasteiger partial charge in [-0.25, -0.2) is 13.4 Å². The van der Waals surface area contributed by atoms with Crippen molar-refractivity contribution in [2.75, 3.05) is 44.2 Å². The Morgan fingerprint density at radius 1 is 1.14 bits per heavy atom. The Hall–Kier alpha value is -1.27. The lowest BCUT2D eigenvalue weighted by Crippen LogP contribution is -2.48. The molecule has 3 heterocycles. The molecule has 3 aromatic rings. The predicted octanol–water partition coefficient (Wildman–Crippen LogP) is 5.75. The number of carbonyl (C=O) groups is 1. The molecule has 0 saturated carbocycles. The Bertz CT molecular complexity index is 1340. The average Bonchev–Trinajstić information content (AvgIpc) is 3.51. The maximum absolute atomic E-state index is 13.9. The number of anilines is 1. The van der Waals surface area contributed by atoms with Crippen LogP contribution >= 0.6 is 45.9 Å². The Kier molecular flexibility index (Phi) is 8.97. The zero-order valence-electron chi connectivity index (χ0n) is 20.5. The quantitative estimate of drug-likeness (QED) is 0.318. The highest BCUT2D eigenvalue weighted by Gasteiger charge is 2.37. The topological polar surface area (TPSA) is 73.8 Å². The summed E-state index contributed by atoms with van der Waals surface area (Å²) in [6.45, 7) is 9.61. The van der Waals surface area contributed by atoms with Gasteiger partial charge < -0.3 is 4.90 Å². The molecule has 1 saturated heterocycles. The minimum absolute atomic E-state index is 0.0888. The van der Waals surface area contributed by atoms with Crippen LogP contribution in [0.25, 0.3) is 10.2 Å². The van der Waals surface area contributed by atoms with Gasteiger partial charge in [0, 0.05) is 31.2 Å². The van der Waals surface area contributed by atoms with Gasteiger partial charge in [0.1, 0.15) is 4.21 Å². The first-order valence-corrected chi connectivity index (χ1v) is 15.8. The molecule has 0 N–H and O–H groups in total. The van der Waals surface area contributed by atoms with Crippen LogP contribution in [0.3, 0.4) is 0 Å². The summed E-state index contributed by atoms with van der Waals surface area (Å²) in [4.78, 5) is 22.8. The molecular formula is C24H30Cl2N4O3S3. The van der Waals surface area contributed by atoms with Gasteiger partial charge in [-0.05, 0) is 62.7 Å². The summed E-state index contributed by atoms with van der Waals surface area (Å²) < 4.78 is 29.4. The molecule has 0 spiro atoms. The number of thiazole rings is 1. The van der Waals surface area contributed by atoms with E-state index in [0.717, 1.165) is 40.2 Å². The number of benzene rings is 1. The van der Waals surface area contributed by atoms with Crippen LogP contribution in [0.5, 0.6) is 0 Å². The van der Waals surface area contributed by atoms with Gasteiger partial charge in [-0.2, -0.15) is 4.31 Å². The molecule has 0 aliphatic carbocycles. The number of fused-ring (bicyclic) bond motifs is 1. The molecule has 196 valence electrons. The fraction of sp³-hybridized carbons (Fsp3) is 0.500. The summed E-state index contributed by atoms with van der Waals surface area (Å²) in [6, 6.07) is 6.89. The SMILES string of the molecule is CCN(CC)CCN(C(=O)C1CCCN(S(=O)(=O)c2ccc(Cl)s2)C1)c1nc2c(C)c(Cl)ccc2s1. The van der Waals surface area contributed by atoms with Crippen LogP contribution in [0.2, 0.25) is 9.36 Å². The Labute approximate surface area is 230 Å². The molecule has 1 fully saturated rings. The van der Waals surface area contributed by atoms with Crippen LogP contribution in [0.4, 0.5) is 5.13 Å². The zero-order valence-corrected chi connectivity index (χ0v) is 24.5. The predicted molar refractivity (Wildman–Crippen MR) is 150 cm³/mol. The van der Waals surface area contributed by atoms with Gasteiger partial charge in [0.2, 0.25) is 5.91 Å². The summed E-state index contributed by atoms with van der Waals surface area (Å²) in [7, 11) is -3.70. The van der Waals surface area contributed by atoms with E-state index >= 15 is 0 Å². The number of piperidine rings is 1. The summed E-state index contributed by atoms with van der Waals surface area (Å²) in [5.41, 5.74) is 1.68. The first-order chi connectivity index (χ1) is 17.1. The molecular weight excluding hydrogens is 559 g/mol. The molecule has 0 bridgehead atoms. The molecule has 4 rings (SSSR count). The third-order valence-corrected chi connectivity index (χ3v) is 11.7. The number of halogens is 2. The summed E-state index contributed by atoms with van der Waals surface area (Å²) in [6.07, 6.45) is 1.25. The Morgan fingerprint density at radius 2 is 1.89 bits per heavy atom. The minimum Gasteiger partial charge on any atom is -0.302 e. The molecule has 1 unspecified atom stereocenters. The van der Waals surface area contributed by atoms with Crippen molar-refractivity contribution in [2.45, 2.75) is 37.8 Å². The second-order valence-electron chi connectivity index (χ2n) is 8.79. The van der Waals surface area contributed by atoms with Crippen molar-refractivity contribution in [1.82, 2.24) is 14.2 Å². The number of hydrogen-bond donors (Lipinski definition) is 0. The normalized spacial score (nSPS) is 17.2. The monoisotopic (exact) mass is 588 g/mol. The molecule has 1 aromatic carbocycles. The van der Waals surface area contributed by atoms with E-state index in [1.54, 1.807) is 11.0 Å². The fourth-order valence-corrected chi connectivity index (χ4v) is 8.80. The number of thiophene rings is 1. The van der Waals surface area contributed by atoms with Gasteiger partial charge in [-0.15, -0.1) is 11.3 Å². The van der Waals surface area contributed by atoms with Crippen molar-refractivity contribution in [3.8, 4) is 0 Å². The lowest BCUT2D eigenvalue weighted by atomic mass is 9.98. The molecule has 1 aliphatic heterocycles. The number of likely N-dealkylation sites (N-methyl/N-ethyl adjacent to an activating group) is 1. The number of aromatic nitrogens is 1. The van der Waals surface area contributed by atoms with E-state index in [-0.39, 0.29) is 16.7 Å². The van der Waals surface area contributed by atoms with Crippen LogP contribution in [0.1, 0.15) is 32.3 Å². The van der Waals surface area contributed by atoms with E-state index < -0.39 is 15.9 Å². The first kappa shape index (κ1) is 27.8. The molecule has 1 amide bonds. The van der Waals surface area contributed by atoms with Gasteiger partial charge >= 0.3 is 0 Å². The molecule has 1 aliphatic rings. The van der Waals surface area contributed by atoms with Crippen LogP contribution in [-0.2, 0) is 14.8 Å². The number of nitrogens with zero attached hydrogens (tertiary/aromatic N) is 4. The second kappa shape index (κ2) is 11.6. The number of sulfonamides is 1. The minimum atomic E-state index is -3.70. The summed E-state index contributed by atoms with van der Waals surface area (Å²) >= 11 is 14.8. The highest BCUT2D eigenvalue weighted by molar-refractivity contribution is 7.91. The lowest BCUT2D eigenvalue weighted by Gasteiger charge is -2.34. The third-order valence-electron chi connectivity index (χ3n) is 6.64. The highest BCUT2D eigenvalue weighted by atomic mass is 35.5. The first-order valence-electron chi connectivity index (χ1n) is 12.0. The van der Waals surface area contributed by atoms with Crippen molar-refractivity contribution >= 4 is 77.2 Å². The third kappa shape index (κ3) is 5.75. The van der Waals surface area contributed by atoms with Gasteiger partial charge in [0.05, 0.1) is 20.5 Å². The van der Waals surface area contributed by atoms with E-state index in [1.807, 2.05) is 19.1 Å². The summed E-state index contributed by atoms with van der Waals surface area (Å²) in [5, 5.41) is 1.26. The number of carbonyl (C=O) groups excluding carboxylic acids is 1. The van der Waals surface area contributed by atoms with E-state index in [2.05, 4.69) is 18.7 Å². The smallest absolute Gasteiger partial charge is 0.252 e.